The minimum absolute atomic E-state index is 0.249. The van der Waals surface area contributed by atoms with Crippen molar-refractivity contribution >= 4 is 5.57 Å². The molecule has 0 bridgehead atoms. The molecule has 0 heterocycles. The molecule has 0 aliphatic rings. The largest absolute Gasteiger partial charge is 0.416 e. The molecular formula is C12H9F3O. The highest BCUT2D eigenvalue weighted by atomic mass is 19.4. The van der Waals surface area contributed by atoms with Crippen LogP contribution in [-0.4, -0.2) is 11.7 Å². The van der Waals surface area contributed by atoms with E-state index in [9.17, 15) is 13.2 Å². The maximum Gasteiger partial charge on any atom is 0.416 e. The lowest BCUT2D eigenvalue weighted by Crippen LogP contribution is -2.04. The Morgan fingerprint density at radius 1 is 1.31 bits per heavy atom. The fraction of sp³-hybridized carbons (Fsp3) is 0.167. The van der Waals surface area contributed by atoms with E-state index in [1.54, 1.807) is 0 Å². The number of rotatable bonds is 2. The van der Waals surface area contributed by atoms with E-state index in [1.807, 2.05) is 0 Å². The lowest BCUT2D eigenvalue weighted by atomic mass is 10.0. The van der Waals surface area contributed by atoms with Gasteiger partial charge in [0.25, 0.3) is 0 Å². The topological polar surface area (TPSA) is 20.2 Å². The van der Waals surface area contributed by atoms with Crippen LogP contribution in [0.5, 0.6) is 0 Å². The number of halogens is 3. The fourth-order valence-corrected chi connectivity index (χ4v) is 1.19. The van der Waals surface area contributed by atoms with Gasteiger partial charge < -0.3 is 5.11 Å². The van der Waals surface area contributed by atoms with Gasteiger partial charge in [0.05, 0.1) is 12.2 Å². The van der Waals surface area contributed by atoms with Gasteiger partial charge in [-0.1, -0.05) is 18.1 Å². The minimum Gasteiger partial charge on any atom is -0.392 e. The summed E-state index contributed by atoms with van der Waals surface area (Å²) in [4.78, 5) is 0. The lowest BCUT2D eigenvalue weighted by Gasteiger charge is -2.07. The van der Waals surface area contributed by atoms with Crippen LogP contribution in [0.4, 0.5) is 13.2 Å². The molecule has 1 aromatic carbocycles. The quantitative estimate of drug-likeness (QED) is 0.769. The van der Waals surface area contributed by atoms with E-state index in [0.717, 1.165) is 12.1 Å². The number of benzene rings is 1. The Bertz CT molecular complexity index is 421. The zero-order valence-corrected chi connectivity index (χ0v) is 8.25. The van der Waals surface area contributed by atoms with Crippen LogP contribution in [0, 0.1) is 12.3 Å². The molecular weight excluding hydrogens is 217 g/mol. The standard InChI is InChI=1S/C12H9F3O/c1-2-9(7-8-16)10-3-5-11(6-4-10)12(13,14)15/h1,3-7,16H,8H2/b9-7+. The van der Waals surface area contributed by atoms with Gasteiger partial charge >= 0.3 is 6.18 Å². The van der Waals surface area contributed by atoms with E-state index in [1.165, 1.54) is 18.2 Å². The summed E-state index contributed by atoms with van der Waals surface area (Å²) in [7, 11) is 0. The van der Waals surface area contributed by atoms with Crippen molar-refractivity contribution in [2.75, 3.05) is 6.61 Å². The Morgan fingerprint density at radius 3 is 2.25 bits per heavy atom. The average molecular weight is 226 g/mol. The monoisotopic (exact) mass is 226 g/mol. The first-order valence-corrected chi connectivity index (χ1v) is 4.44. The molecule has 0 amide bonds. The molecule has 84 valence electrons. The fourth-order valence-electron chi connectivity index (χ4n) is 1.19. The molecule has 0 saturated heterocycles. The Balaban J connectivity index is 3.05. The van der Waals surface area contributed by atoms with Crippen LogP contribution in [0.1, 0.15) is 11.1 Å². The number of hydrogen-bond acceptors (Lipinski definition) is 1. The van der Waals surface area contributed by atoms with E-state index < -0.39 is 11.7 Å². The normalized spacial score (nSPS) is 12.3. The Kier molecular flexibility index (Phi) is 3.75. The zero-order chi connectivity index (χ0) is 12.2. The second-order valence-corrected chi connectivity index (χ2v) is 3.02. The molecule has 1 N–H and O–H groups in total. The summed E-state index contributed by atoms with van der Waals surface area (Å²) in [6.07, 6.45) is 2.18. The van der Waals surface area contributed by atoms with E-state index in [-0.39, 0.29) is 6.61 Å². The summed E-state index contributed by atoms with van der Waals surface area (Å²) in [6.45, 7) is -0.249. The van der Waals surface area contributed by atoms with Crippen molar-refractivity contribution < 1.29 is 18.3 Å². The molecule has 0 unspecified atom stereocenters. The van der Waals surface area contributed by atoms with Gasteiger partial charge in [-0.25, -0.2) is 0 Å². The van der Waals surface area contributed by atoms with Crippen molar-refractivity contribution in [1.29, 1.82) is 0 Å². The molecule has 0 radical (unpaired) electrons. The first-order valence-electron chi connectivity index (χ1n) is 4.44. The molecule has 0 spiro atoms. The van der Waals surface area contributed by atoms with Gasteiger partial charge in [0.2, 0.25) is 0 Å². The molecule has 1 nitrogen and oxygen atoms in total. The van der Waals surface area contributed by atoms with Crippen LogP contribution in [-0.2, 0) is 6.18 Å². The van der Waals surface area contributed by atoms with Gasteiger partial charge in [-0.2, -0.15) is 13.2 Å². The second kappa shape index (κ2) is 4.86. The van der Waals surface area contributed by atoms with Crippen molar-refractivity contribution in [1.82, 2.24) is 0 Å². The molecule has 0 saturated carbocycles. The third-order valence-electron chi connectivity index (χ3n) is 1.97. The Morgan fingerprint density at radius 2 is 1.88 bits per heavy atom. The van der Waals surface area contributed by atoms with E-state index in [2.05, 4.69) is 5.92 Å². The predicted molar refractivity (Wildman–Crippen MR) is 55.3 cm³/mol. The van der Waals surface area contributed by atoms with E-state index >= 15 is 0 Å². The van der Waals surface area contributed by atoms with Crippen molar-refractivity contribution in [2.45, 2.75) is 6.18 Å². The summed E-state index contributed by atoms with van der Waals surface area (Å²) in [6, 6.07) is 4.48. The van der Waals surface area contributed by atoms with E-state index in [4.69, 9.17) is 11.5 Å². The third-order valence-corrected chi connectivity index (χ3v) is 1.97. The highest BCUT2D eigenvalue weighted by Gasteiger charge is 2.29. The maximum atomic E-state index is 12.3. The Hall–Kier alpha value is -1.73. The summed E-state index contributed by atoms with van der Waals surface area (Å²) < 4.78 is 36.8. The van der Waals surface area contributed by atoms with Crippen LogP contribution in [0.15, 0.2) is 30.3 Å². The number of alkyl halides is 3. The van der Waals surface area contributed by atoms with Crippen molar-refractivity contribution in [2.24, 2.45) is 0 Å². The molecule has 1 aromatic rings. The van der Waals surface area contributed by atoms with Crippen LogP contribution in [0.25, 0.3) is 5.57 Å². The highest BCUT2D eigenvalue weighted by molar-refractivity contribution is 5.78. The SMILES string of the molecule is C#C/C(=C\CO)c1ccc(C(F)(F)F)cc1. The number of allylic oxidation sites excluding steroid dienone is 1. The Labute approximate surface area is 91.2 Å². The van der Waals surface area contributed by atoms with E-state index in [0.29, 0.717) is 11.1 Å². The van der Waals surface area contributed by atoms with Gasteiger partial charge in [-0.15, -0.1) is 6.42 Å². The maximum absolute atomic E-state index is 12.3. The summed E-state index contributed by atoms with van der Waals surface area (Å²) in [5.41, 5.74) is 0.123. The first kappa shape index (κ1) is 12.3. The summed E-state index contributed by atoms with van der Waals surface area (Å²) >= 11 is 0. The molecule has 0 aromatic heterocycles. The van der Waals surface area contributed by atoms with Gasteiger partial charge in [0.1, 0.15) is 0 Å². The smallest absolute Gasteiger partial charge is 0.392 e. The van der Waals surface area contributed by atoms with Crippen molar-refractivity contribution in [3.05, 3.63) is 41.5 Å². The summed E-state index contributed by atoms with van der Waals surface area (Å²) in [5.74, 6) is 2.30. The van der Waals surface area contributed by atoms with Crippen LogP contribution < -0.4 is 0 Å². The third kappa shape index (κ3) is 2.88. The average Bonchev–Trinajstić information content (AvgIpc) is 2.25. The van der Waals surface area contributed by atoms with Crippen LogP contribution >= 0.6 is 0 Å². The molecule has 0 aliphatic carbocycles. The molecule has 0 fully saturated rings. The van der Waals surface area contributed by atoms with Crippen molar-refractivity contribution in [3.8, 4) is 12.3 Å². The lowest BCUT2D eigenvalue weighted by molar-refractivity contribution is -0.137. The van der Waals surface area contributed by atoms with Gasteiger partial charge in [0, 0.05) is 5.57 Å². The number of aliphatic hydroxyl groups excluding tert-OH is 1. The number of hydrogen-bond donors (Lipinski definition) is 1. The van der Waals surface area contributed by atoms with Crippen LogP contribution in [0.3, 0.4) is 0 Å². The van der Waals surface area contributed by atoms with Gasteiger partial charge in [0.15, 0.2) is 0 Å². The van der Waals surface area contributed by atoms with Crippen LogP contribution in [0.2, 0.25) is 0 Å². The summed E-state index contributed by atoms with van der Waals surface area (Å²) in [5, 5.41) is 8.66. The predicted octanol–water partition coefficient (Wildman–Crippen LogP) is 2.71. The minimum atomic E-state index is -4.35. The zero-order valence-electron chi connectivity index (χ0n) is 8.25. The number of terminal acetylenes is 1. The number of aliphatic hydroxyl groups is 1. The molecule has 0 aliphatic heterocycles. The molecule has 4 heteroatoms. The second-order valence-electron chi connectivity index (χ2n) is 3.02. The van der Waals surface area contributed by atoms with Gasteiger partial charge in [-0.05, 0) is 23.8 Å². The molecule has 0 atom stereocenters. The van der Waals surface area contributed by atoms with Crippen molar-refractivity contribution in [3.63, 3.8) is 0 Å². The molecule has 1 rings (SSSR count). The highest BCUT2D eigenvalue weighted by Crippen LogP contribution is 2.29. The van der Waals surface area contributed by atoms with Gasteiger partial charge in [-0.3, -0.25) is 0 Å². The first-order chi connectivity index (χ1) is 7.49. The molecule has 16 heavy (non-hydrogen) atoms.